The minimum absolute atomic E-state index is 0.182. The fourth-order valence-corrected chi connectivity index (χ4v) is 3.20. The molecule has 0 saturated carbocycles. The Morgan fingerprint density at radius 2 is 1.92 bits per heavy atom. The number of amides is 1. The second kappa shape index (κ2) is 5.91. The Labute approximate surface area is 148 Å². The number of hydrogen-bond donors (Lipinski definition) is 2. The maximum atomic E-state index is 13.0. The zero-order chi connectivity index (χ0) is 18.4. The summed E-state index contributed by atoms with van der Waals surface area (Å²) in [5.41, 5.74) is 4.80. The molecule has 0 bridgehead atoms. The number of nitrogens with zero attached hydrogens (tertiary/aromatic N) is 4. The Kier molecular flexibility index (Phi) is 3.68. The summed E-state index contributed by atoms with van der Waals surface area (Å²) >= 11 is 0. The van der Waals surface area contributed by atoms with Crippen molar-refractivity contribution in [1.29, 1.82) is 0 Å². The van der Waals surface area contributed by atoms with E-state index in [9.17, 15) is 14.7 Å². The topological polar surface area (TPSA) is 112 Å². The fourth-order valence-electron chi connectivity index (χ4n) is 3.20. The van der Waals surface area contributed by atoms with Gasteiger partial charge in [-0.1, -0.05) is 0 Å². The lowest BCUT2D eigenvalue weighted by molar-refractivity contribution is -0.142. The van der Waals surface area contributed by atoms with Gasteiger partial charge in [-0.2, -0.15) is 0 Å². The number of aromatic nitrogens is 4. The molecule has 0 saturated heterocycles. The largest absolute Gasteiger partial charge is 0.480 e. The average Bonchev–Trinajstić information content (AvgIpc) is 3.08. The number of fused-ring (bicyclic) bond motifs is 2. The second-order valence-electron chi connectivity index (χ2n) is 6.42. The molecular formula is C18H17N5O3. The van der Waals surface area contributed by atoms with Crippen LogP contribution >= 0.6 is 0 Å². The monoisotopic (exact) mass is 351 g/mol. The highest BCUT2D eigenvalue weighted by Gasteiger charge is 2.36. The van der Waals surface area contributed by atoms with Gasteiger partial charge in [0.2, 0.25) is 0 Å². The smallest absolute Gasteiger partial charge is 0.326 e. The number of carbonyl (C=O) groups is 2. The highest BCUT2D eigenvalue weighted by atomic mass is 16.4. The van der Waals surface area contributed by atoms with Crippen LogP contribution in [-0.2, 0) is 17.8 Å². The Balaban J connectivity index is 1.73. The maximum Gasteiger partial charge on any atom is 0.326 e. The summed E-state index contributed by atoms with van der Waals surface area (Å²) in [4.78, 5) is 42.1. The first-order chi connectivity index (χ1) is 12.4. The Morgan fingerprint density at radius 1 is 1.19 bits per heavy atom. The number of aliphatic carboxylic acids is 1. The number of nitrogens with one attached hydrogen (secondary N) is 1. The number of carboxylic acids is 1. The van der Waals surface area contributed by atoms with Crippen molar-refractivity contribution >= 4 is 22.9 Å². The number of carbonyl (C=O) groups excluding carboxylic acids is 1. The molecule has 0 unspecified atom stereocenters. The molecule has 26 heavy (non-hydrogen) atoms. The van der Waals surface area contributed by atoms with Gasteiger partial charge in [0.15, 0.2) is 0 Å². The van der Waals surface area contributed by atoms with Gasteiger partial charge in [-0.15, -0.1) is 0 Å². The molecule has 3 heterocycles. The van der Waals surface area contributed by atoms with Gasteiger partial charge in [-0.3, -0.25) is 4.79 Å². The van der Waals surface area contributed by atoms with Gasteiger partial charge in [0, 0.05) is 12.0 Å². The van der Waals surface area contributed by atoms with E-state index in [1.54, 1.807) is 18.2 Å². The number of rotatable bonds is 2. The van der Waals surface area contributed by atoms with Crippen LogP contribution in [0.4, 0.5) is 0 Å². The number of aryl methyl sites for hydroxylation is 2. The highest BCUT2D eigenvalue weighted by molar-refractivity contribution is 5.99. The SMILES string of the molecule is Cc1nc2ccc(C(=O)N3Cc4[nH]cnc4C[C@H]3C(=O)O)cc2nc1C. The van der Waals surface area contributed by atoms with Crippen LogP contribution in [-0.4, -0.2) is 47.9 Å². The first kappa shape index (κ1) is 16.2. The van der Waals surface area contributed by atoms with Crippen LogP contribution in [0, 0.1) is 13.8 Å². The molecule has 132 valence electrons. The van der Waals surface area contributed by atoms with Crippen LogP contribution in [0.1, 0.15) is 33.1 Å². The number of hydrogen-bond acceptors (Lipinski definition) is 5. The van der Waals surface area contributed by atoms with Crippen molar-refractivity contribution in [2.45, 2.75) is 32.9 Å². The molecule has 8 nitrogen and oxygen atoms in total. The van der Waals surface area contributed by atoms with E-state index >= 15 is 0 Å². The van der Waals surface area contributed by atoms with Crippen molar-refractivity contribution in [3.8, 4) is 0 Å². The van der Waals surface area contributed by atoms with Crippen LogP contribution in [0.3, 0.4) is 0 Å². The minimum Gasteiger partial charge on any atom is -0.480 e. The van der Waals surface area contributed by atoms with Crippen LogP contribution < -0.4 is 0 Å². The number of aromatic amines is 1. The van der Waals surface area contributed by atoms with Crippen molar-refractivity contribution in [3.63, 3.8) is 0 Å². The normalized spacial score (nSPS) is 16.5. The Hall–Kier alpha value is -3.29. The quantitative estimate of drug-likeness (QED) is 0.725. The van der Waals surface area contributed by atoms with Crippen LogP contribution in [0.25, 0.3) is 11.0 Å². The highest BCUT2D eigenvalue weighted by Crippen LogP contribution is 2.24. The Morgan fingerprint density at radius 3 is 2.65 bits per heavy atom. The molecule has 0 fully saturated rings. The molecular weight excluding hydrogens is 334 g/mol. The lowest BCUT2D eigenvalue weighted by Gasteiger charge is -2.32. The van der Waals surface area contributed by atoms with Crippen molar-refractivity contribution in [1.82, 2.24) is 24.8 Å². The molecule has 1 amide bonds. The van der Waals surface area contributed by atoms with Crippen molar-refractivity contribution in [2.24, 2.45) is 0 Å². The molecule has 1 atom stereocenters. The van der Waals surface area contributed by atoms with E-state index in [0.29, 0.717) is 22.3 Å². The molecule has 2 aromatic heterocycles. The van der Waals surface area contributed by atoms with E-state index in [0.717, 1.165) is 17.1 Å². The van der Waals surface area contributed by atoms with Gasteiger partial charge in [0.05, 0.1) is 46.7 Å². The third-order valence-electron chi connectivity index (χ3n) is 4.77. The van der Waals surface area contributed by atoms with Crippen LogP contribution in [0.2, 0.25) is 0 Å². The van der Waals surface area contributed by atoms with Gasteiger partial charge in [0.25, 0.3) is 5.91 Å². The fraction of sp³-hybridized carbons (Fsp3) is 0.278. The molecule has 2 N–H and O–H groups in total. The van der Waals surface area contributed by atoms with E-state index in [1.807, 2.05) is 13.8 Å². The van der Waals surface area contributed by atoms with E-state index < -0.39 is 12.0 Å². The molecule has 0 aliphatic carbocycles. The molecule has 1 aliphatic heterocycles. The van der Waals surface area contributed by atoms with Crippen LogP contribution in [0.5, 0.6) is 0 Å². The standard InChI is InChI=1S/C18H17N5O3/c1-9-10(2)22-14-5-11(3-4-12(14)21-9)17(24)23-7-15-13(19-8-20-15)6-16(23)18(25)26/h3-5,8,16H,6-7H2,1-2H3,(H,19,20)(H,25,26)/t16-/m0/s1. The minimum atomic E-state index is -1.04. The van der Waals surface area contributed by atoms with Crippen molar-refractivity contribution in [2.75, 3.05) is 0 Å². The van der Waals surface area contributed by atoms with Gasteiger partial charge in [0.1, 0.15) is 6.04 Å². The van der Waals surface area contributed by atoms with Crippen molar-refractivity contribution in [3.05, 3.63) is 52.9 Å². The summed E-state index contributed by atoms with van der Waals surface area (Å²) in [6.45, 7) is 3.93. The summed E-state index contributed by atoms with van der Waals surface area (Å²) in [5.74, 6) is -1.39. The summed E-state index contributed by atoms with van der Waals surface area (Å²) in [6, 6.07) is 4.12. The van der Waals surface area contributed by atoms with Gasteiger partial charge < -0.3 is 15.0 Å². The molecule has 4 rings (SSSR count). The summed E-state index contributed by atoms with van der Waals surface area (Å²) in [5, 5.41) is 9.55. The average molecular weight is 351 g/mol. The summed E-state index contributed by atoms with van der Waals surface area (Å²) in [7, 11) is 0. The van der Waals surface area contributed by atoms with E-state index in [4.69, 9.17) is 0 Å². The van der Waals surface area contributed by atoms with Gasteiger partial charge in [-0.25, -0.2) is 19.7 Å². The second-order valence-corrected chi connectivity index (χ2v) is 6.42. The predicted octanol–water partition coefficient (Wildman–Crippen LogP) is 1.62. The van der Waals surface area contributed by atoms with Crippen LogP contribution in [0.15, 0.2) is 24.5 Å². The number of imidazole rings is 1. The molecule has 1 aromatic carbocycles. The molecule has 1 aliphatic rings. The predicted molar refractivity (Wildman–Crippen MR) is 92.6 cm³/mol. The lowest BCUT2D eigenvalue weighted by Crippen LogP contribution is -2.48. The molecule has 8 heteroatoms. The number of carboxylic acid groups (broad SMARTS) is 1. The first-order valence-corrected chi connectivity index (χ1v) is 8.24. The lowest BCUT2D eigenvalue weighted by atomic mass is 10.0. The van der Waals surface area contributed by atoms with Gasteiger partial charge >= 0.3 is 5.97 Å². The maximum absolute atomic E-state index is 13.0. The summed E-state index contributed by atoms with van der Waals surface area (Å²) < 4.78 is 0. The number of H-pyrrole nitrogens is 1. The number of benzene rings is 1. The molecule has 0 spiro atoms. The third kappa shape index (κ3) is 2.59. The van der Waals surface area contributed by atoms with E-state index in [1.165, 1.54) is 11.2 Å². The third-order valence-corrected chi connectivity index (χ3v) is 4.77. The van der Waals surface area contributed by atoms with Gasteiger partial charge in [-0.05, 0) is 32.0 Å². The Bertz CT molecular complexity index is 1040. The van der Waals surface area contributed by atoms with E-state index in [-0.39, 0.29) is 18.9 Å². The first-order valence-electron chi connectivity index (χ1n) is 8.24. The molecule has 0 radical (unpaired) electrons. The van der Waals surface area contributed by atoms with Crippen molar-refractivity contribution < 1.29 is 14.7 Å². The zero-order valence-corrected chi connectivity index (χ0v) is 14.4. The summed E-state index contributed by atoms with van der Waals surface area (Å²) in [6.07, 6.45) is 1.71. The zero-order valence-electron chi connectivity index (χ0n) is 14.4. The molecule has 3 aromatic rings. The van der Waals surface area contributed by atoms with E-state index in [2.05, 4.69) is 19.9 Å².